The van der Waals surface area contributed by atoms with Crippen LogP contribution in [0.3, 0.4) is 0 Å². The molecular weight excluding hydrogens is 385 g/mol. The molecule has 3 rings (SSSR count). The van der Waals surface area contributed by atoms with Gasteiger partial charge in [0.2, 0.25) is 0 Å². The van der Waals surface area contributed by atoms with Crippen molar-refractivity contribution in [1.29, 1.82) is 0 Å². The summed E-state index contributed by atoms with van der Waals surface area (Å²) in [6.07, 6.45) is 1.79. The normalized spacial score (nSPS) is 15.7. The first kappa shape index (κ1) is 17.3. The second-order valence-electron chi connectivity index (χ2n) is 4.96. The number of carbonyl (C=O) groups is 1. The van der Waals surface area contributed by atoms with Gasteiger partial charge >= 0.3 is 0 Å². The van der Waals surface area contributed by atoms with Gasteiger partial charge in [-0.2, -0.15) is 0 Å². The minimum Gasteiger partial charge on any atom is -0.489 e. The Labute approximate surface area is 159 Å². The predicted molar refractivity (Wildman–Crippen MR) is 104 cm³/mol. The summed E-state index contributed by atoms with van der Waals surface area (Å²) < 4.78 is 6.20. The van der Waals surface area contributed by atoms with Crippen molar-refractivity contribution in [2.24, 2.45) is 0 Å². The second-order valence-corrected chi connectivity index (χ2v) is 7.49. The summed E-state index contributed by atoms with van der Waals surface area (Å²) in [5.41, 5.74) is 1.84. The van der Waals surface area contributed by atoms with Crippen LogP contribution in [0.15, 0.2) is 47.4 Å². The molecule has 0 aromatic heterocycles. The van der Waals surface area contributed by atoms with Crippen molar-refractivity contribution in [3.8, 4) is 5.75 Å². The van der Waals surface area contributed by atoms with E-state index in [1.165, 1.54) is 11.8 Å². The third-order valence-electron chi connectivity index (χ3n) is 3.21. The maximum atomic E-state index is 11.6. The number of carbonyl (C=O) groups excluding carboxylic acids is 1. The molecule has 1 aliphatic heterocycles. The van der Waals surface area contributed by atoms with Crippen molar-refractivity contribution in [3.05, 3.63) is 68.5 Å². The number of thioether (sulfide) groups is 1. The molecule has 2 aromatic rings. The summed E-state index contributed by atoms with van der Waals surface area (Å²) in [6, 6.07) is 12.8. The summed E-state index contributed by atoms with van der Waals surface area (Å²) in [7, 11) is 0. The maximum absolute atomic E-state index is 11.6. The number of nitrogens with one attached hydrogen (secondary N) is 1. The smallest absolute Gasteiger partial charge is 0.263 e. The summed E-state index contributed by atoms with van der Waals surface area (Å²) in [5, 5.41) is 3.61. The Bertz CT molecular complexity index is 835. The van der Waals surface area contributed by atoms with Crippen molar-refractivity contribution in [1.82, 2.24) is 5.32 Å². The zero-order chi connectivity index (χ0) is 17.1. The van der Waals surface area contributed by atoms with Crippen LogP contribution in [-0.2, 0) is 11.4 Å². The third kappa shape index (κ3) is 4.30. The minimum atomic E-state index is -0.162. The molecule has 0 aliphatic carbocycles. The molecule has 0 atom stereocenters. The number of rotatable bonds is 4. The Balaban J connectivity index is 1.64. The Morgan fingerprint density at radius 2 is 1.88 bits per heavy atom. The van der Waals surface area contributed by atoms with Gasteiger partial charge in [0, 0.05) is 0 Å². The SMILES string of the molecule is O=C1NC(=S)S/C1=C\c1ccc(OCc2ccc(Cl)c(Cl)c2)cc1. The van der Waals surface area contributed by atoms with Gasteiger partial charge in [-0.1, -0.05) is 65.4 Å². The van der Waals surface area contributed by atoms with Crippen LogP contribution in [0.4, 0.5) is 0 Å². The second kappa shape index (κ2) is 7.57. The van der Waals surface area contributed by atoms with E-state index in [1.807, 2.05) is 30.3 Å². The van der Waals surface area contributed by atoms with E-state index in [9.17, 15) is 4.79 Å². The minimum absolute atomic E-state index is 0.162. The lowest BCUT2D eigenvalue weighted by Crippen LogP contribution is -2.17. The standard InChI is InChI=1S/C17H11Cl2NO2S2/c18-13-6-3-11(7-14(13)19)9-22-12-4-1-10(2-5-12)8-15-16(21)20-17(23)24-15/h1-8H,9H2,(H,20,21,23)/b15-8-. The first-order valence-corrected chi connectivity index (χ1v) is 8.91. The van der Waals surface area contributed by atoms with Gasteiger partial charge in [-0.05, 0) is 41.5 Å². The first-order chi connectivity index (χ1) is 11.5. The van der Waals surface area contributed by atoms with Crippen molar-refractivity contribution >= 4 is 63.5 Å². The molecule has 1 fully saturated rings. The van der Waals surface area contributed by atoms with Crippen LogP contribution in [-0.4, -0.2) is 10.2 Å². The lowest BCUT2D eigenvalue weighted by Gasteiger charge is -2.07. The number of benzene rings is 2. The molecule has 1 N–H and O–H groups in total. The van der Waals surface area contributed by atoms with Crippen LogP contribution >= 0.6 is 47.2 Å². The highest BCUT2D eigenvalue weighted by Crippen LogP contribution is 2.27. The van der Waals surface area contributed by atoms with E-state index >= 15 is 0 Å². The maximum Gasteiger partial charge on any atom is 0.263 e. The van der Waals surface area contributed by atoms with E-state index in [1.54, 1.807) is 18.2 Å². The van der Waals surface area contributed by atoms with Crippen molar-refractivity contribution in [2.75, 3.05) is 0 Å². The van der Waals surface area contributed by atoms with Crippen LogP contribution in [0.1, 0.15) is 11.1 Å². The monoisotopic (exact) mass is 395 g/mol. The topological polar surface area (TPSA) is 38.3 Å². The molecule has 2 aromatic carbocycles. The molecule has 7 heteroatoms. The number of hydrogen-bond donors (Lipinski definition) is 1. The molecule has 1 saturated heterocycles. The Morgan fingerprint density at radius 3 is 2.50 bits per heavy atom. The largest absolute Gasteiger partial charge is 0.489 e. The van der Waals surface area contributed by atoms with E-state index in [-0.39, 0.29) is 5.91 Å². The molecule has 3 nitrogen and oxygen atoms in total. The van der Waals surface area contributed by atoms with Gasteiger partial charge < -0.3 is 10.1 Å². The summed E-state index contributed by atoms with van der Waals surface area (Å²) >= 11 is 18.1. The Kier molecular flexibility index (Phi) is 5.46. The van der Waals surface area contributed by atoms with Gasteiger partial charge in [-0.25, -0.2) is 0 Å². The van der Waals surface area contributed by atoms with Crippen molar-refractivity contribution < 1.29 is 9.53 Å². The van der Waals surface area contributed by atoms with Crippen LogP contribution < -0.4 is 10.1 Å². The number of halogens is 2. The van der Waals surface area contributed by atoms with Crippen molar-refractivity contribution in [2.45, 2.75) is 6.61 Å². The fourth-order valence-electron chi connectivity index (χ4n) is 2.03. The van der Waals surface area contributed by atoms with E-state index in [4.69, 9.17) is 40.2 Å². The lowest BCUT2D eigenvalue weighted by molar-refractivity contribution is -0.115. The molecule has 1 heterocycles. The molecule has 0 unspecified atom stereocenters. The molecule has 1 amide bonds. The fourth-order valence-corrected chi connectivity index (χ4v) is 3.39. The van der Waals surface area contributed by atoms with Gasteiger partial charge in [-0.3, -0.25) is 4.79 Å². The highest BCUT2D eigenvalue weighted by Gasteiger charge is 2.21. The van der Waals surface area contributed by atoms with E-state index < -0.39 is 0 Å². The van der Waals surface area contributed by atoms with E-state index in [0.717, 1.165) is 16.9 Å². The fraction of sp³-hybridized carbons (Fsp3) is 0.0588. The Morgan fingerprint density at radius 1 is 1.12 bits per heavy atom. The van der Waals surface area contributed by atoms with Gasteiger partial charge in [0.15, 0.2) is 0 Å². The van der Waals surface area contributed by atoms with Gasteiger partial charge in [0.25, 0.3) is 5.91 Å². The van der Waals surface area contributed by atoms with Crippen LogP contribution in [0.25, 0.3) is 6.08 Å². The summed E-state index contributed by atoms with van der Waals surface area (Å²) in [4.78, 5) is 12.2. The molecule has 24 heavy (non-hydrogen) atoms. The zero-order valence-electron chi connectivity index (χ0n) is 12.2. The van der Waals surface area contributed by atoms with Gasteiger partial charge in [0.1, 0.15) is 16.7 Å². The molecule has 122 valence electrons. The zero-order valence-corrected chi connectivity index (χ0v) is 15.4. The van der Waals surface area contributed by atoms with Gasteiger partial charge in [-0.15, -0.1) is 0 Å². The van der Waals surface area contributed by atoms with Crippen LogP contribution in [0, 0.1) is 0 Å². The molecular formula is C17H11Cl2NO2S2. The number of thiocarbonyl (C=S) groups is 1. The quantitative estimate of drug-likeness (QED) is 0.579. The number of amides is 1. The lowest BCUT2D eigenvalue weighted by atomic mass is 10.2. The highest BCUT2D eigenvalue weighted by molar-refractivity contribution is 8.26. The van der Waals surface area contributed by atoms with Crippen LogP contribution in [0.2, 0.25) is 10.0 Å². The highest BCUT2D eigenvalue weighted by atomic mass is 35.5. The van der Waals surface area contributed by atoms with Gasteiger partial charge in [0.05, 0.1) is 15.0 Å². The molecule has 0 bridgehead atoms. The summed E-state index contributed by atoms with van der Waals surface area (Å²) in [6.45, 7) is 0.393. The number of ether oxygens (including phenoxy) is 1. The molecule has 0 saturated carbocycles. The molecule has 0 spiro atoms. The summed E-state index contributed by atoms with van der Waals surface area (Å²) in [5.74, 6) is 0.562. The molecule has 0 radical (unpaired) electrons. The van der Waals surface area contributed by atoms with Crippen LogP contribution in [0.5, 0.6) is 5.75 Å². The predicted octanol–water partition coefficient (Wildman–Crippen LogP) is 5.06. The first-order valence-electron chi connectivity index (χ1n) is 6.93. The Hall–Kier alpha value is -1.53. The average Bonchev–Trinajstić information content (AvgIpc) is 2.87. The van der Waals surface area contributed by atoms with E-state index in [2.05, 4.69) is 5.32 Å². The van der Waals surface area contributed by atoms with E-state index in [0.29, 0.717) is 25.9 Å². The average molecular weight is 396 g/mol. The number of hydrogen-bond acceptors (Lipinski definition) is 4. The van der Waals surface area contributed by atoms with Crippen molar-refractivity contribution in [3.63, 3.8) is 0 Å². The molecule has 1 aliphatic rings. The third-order valence-corrected chi connectivity index (χ3v) is 5.11.